The average molecular weight is 302 g/mol. The van der Waals surface area contributed by atoms with E-state index in [0.717, 1.165) is 15.8 Å². The second-order valence-electron chi connectivity index (χ2n) is 3.72. The van der Waals surface area contributed by atoms with Crippen molar-refractivity contribution in [2.75, 3.05) is 20.7 Å². The molecule has 0 saturated heterocycles. The molecule has 1 rings (SSSR count). The zero-order chi connectivity index (χ0) is 12.8. The van der Waals surface area contributed by atoms with Gasteiger partial charge in [0, 0.05) is 11.0 Å². The highest BCUT2D eigenvalue weighted by Crippen LogP contribution is 2.23. The molecule has 1 aromatic rings. The van der Waals surface area contributed by atoms with Crippen molar-refractivity contribution < 1.29 is 9.94 Å². The van der Waals surface area contributed by atoms with E-state index in [4.69, 9.17) is 15.7 Å². The third-order valence-electron chi connectivity index (χ3n) is 2.25. The van der Waals surface area contributed by atoms with Gasteiger partial charge in [-0.15, -0.1) is 0 Å². The van der Waals surface area contributed by atoms with Crippen LogP contribution < -0.4 is 10.5 Å². The quantitative estimate of drug-likeness (QED) is 0.375. The standard InChI is InChI=1S/C11H16BrN3O2/c1-15(7-11(13)14-16)6-8-5-9(17-2)3-4-10(8)12/h3-5,16H,6-7H2,1-2H3,(H2,13,14). The summed E-state index contributed by atoms with van der Waals surface area (Å²) in [6.45, 7) is 1.08. The Bertz CT molecular complexity index is 410. The molecule has 0 fully saturated rings. The summed E-state index contributed by atoms with van der Waals surface area (Å²) < 4.78 is 6.17. The highest BCUT2D eigenvalue weighted by atomic mass is 79.9. The zero-order valence-electron chi connectivity index (χ0n) is 9.85. The first-order chi connectivity index (χ1) is 8.06. The van der Waals surface area contributed by atoms with Crippen molar-refractivity contribution in [1.82, 2.24) is 4.90 Å². The van der Waals surface area contributed by atoms with Crippen LogP contribution in [0.1, 0.15) is 5.56 Å². The van der Waals surface area contributed by atoms with Gasteiger partial charge in [0.1, 0.15) is 5.75 Å². The molecular weight excluding hydrogens is 286 g/mol. The van der Waals surface area contributed by atoms with E-state index in [1.165, 1.54) is 0 Å². The van der Waals surface area contributed by atoms with Crippen LogP contribution in [0, 0.1) is 0 Å². The van der Waals surface area contributed by atoms with Crippen molar-refractivity contribution in [2.24, 2.45) is 10.9 Å². The lowest BCUT2D eigenvalue weighted by Crippen LogP contribution is -2.30. The summed E-state index contributed by atoms with van der Waals surface area (Å²) in [5.74, 6) is 0.993. The lowest BCUT2D eigenvalue weighted by molar-refractivity contribution is 0.308. The molecule has 0 bridgehead atoms. The summed E-state index contributed by atoms with van der Waals surface area (Å²) in [6, 6.07) is 5.77. The number of hydrogen-bond donors (Lipinski definition) is 2. The van der Waals surface area contributed by atoms with E-state index in [1.54, 1.807) is 7.11 Å². The lowest BCUT2D eigenvalue weighted by Gasteiger charge is -2.17. The molecule has 0 heterocycles. The molecule has 0 saturated carbocycles. The monoisotopic (exact) mass is 301 g/mol. The van der Waals surface area contributed by atoms with Crippen molar-refractivity contribution in [2.45, 2.75) is 6.54 Å². The van der Waals surface area contributed by atoms with E-state index in [0.29, 0.717) is 13.1 Å². The van der Waals surface area contributed by atoms with E-state index in [2.05, 4.69) is 21.1 Å². The fraction of sp³-hybridized carbons (Fsp3) is 0.364. The van der Waals surface area contributed by atoms with E-state index in [-0.39, 0.29) is 5.84 Å². The molecule has 5 nitrogen and oxygen atoms in total. The fourth-order valence-electron chi connectivity index (χ4n) is 1.45. The summed E-state index contributed by atoms with van der Waals surface area (Å²) in [6.07, 6.45) is 0. The zero-order valence-corrected chi connectivity index (χ0v) is 11.4. The number of likely N-dealkylation sites (N-methyl/N-ethyl adjacent to an activating group) is 1. The summed E-state index contributed by atoms with van der Waals surface area (Å²) in [5, 5.41) is 11.4. The Balaban J connectivity index is 2.73. The molecule has 94 valence electrons. The minimum absolute atomic E-state index is 0.187. The van der Waals surface area contributed by atoms with Crippen LogP contribution in [-0.2, 0) is 6.54 Å². The largest absolute Gasteiger partial charge is 0.497 e. The Morgan fingerprint density at radius 1 is 1.59 bits per heavy atom. The minimum Gasteiger partial charge on any atom is -0.497 e. The molecule has 0 unspecified atom stereocenters. The van der Waals surface area contributed by atoms with Gasteiger partial charge < -0.3 is 15.7 Å². The second-order valence-corrected chi connectivity index (χ2v) is 4.58. The number of benzene rings is 1. The Morgan fingerprint density at radius 3 is 2.88 bits per heavy atom. The third kappa shape index (κ3) is 4.24. The molecule has 0 spiro atoms. The van der Waals surface area contributed by atoms with Crippen LogP contribution >= 0.6 is 15.9 Å². The van der Waals surface area contributed by atoms with Gasteiger partial charge in [-0.2, -0.15) is 0 Å². The molecule has 0 aliphatic heterocycles. The molecular formula is C11H16BrN3O2. The molecule has 1 aromatic carbocycles. The topological polar surface area (TPSA) is 71.1 Å². The highest BCUT2D eigenvalue weighted by molar-refractivity contribution is 9.10. The van der Waals surface area contributed by atoms with Gasteiger partial charge >= 0.3 is 0 Å². The van der Waals surface area contributed by atoms with Crippen LogP contribution in [0.2, 0.25) is 0 Å². The number of methoxy groups -OCH3 is 1. The first kappa shape index (κ1) is 13.8. The van der Waals surface area contributed by atoms with E-state index >= 15 is 0 Å². The predicted molar refractivity (Wildman–Crippen MR) is 70.4 cm³/mol. The van der Waals surface area contributed by atoms with E-state index in [1.807, 2.05) is 30.1 Å². The number of amidine groups is 1. The minimum atomic E-state index is 0.187. The number of rotatable bonds is 5. The maximum Gasteiger partial charge on any atom is 0.153 e. The van der Waals surface area contributed by atoms with Crippen LogP contribution in [-0.4, -0.2) is 36.6 Å². The molecule has 0 aliphatic rings. The van der Waals surface area contributed by atoms with Gasteiger partial charge in [0.2, 0.25) is 0 Å². The van der Waals surface area contributed by atoms with E-state index < -0.39 is 0 Å². The normalized spacial score (nSPS) is 11.9. The van der Waals surface area contributed by atoms with Crippen molar-refractivity contribution in [3.8, 4) is 5.75 Å². The molecule has 0 atom stereocenters. The number of oxime groups is 1. The SMILES string of the molecule is COc1ccc(Br)c(CN(C)CC(N)=NO)c1. The average Bonchev–Trinajstić information content (AvgIpc) is 2.31. The Kier molecular flexibility index (Phi) is 5.24. The molecule has 6 heteroatoms. The fourth-order valence-corrected chi connectivity index (χ4v) is 1.83. The summed E-state index contributed by atoms with van der Waals surface area (Å²) in [4.78, 5) is 1.94. The van der Waals surface area contributed by atoms with Gasteiger partial charge in [0.25, 0.3) is 0 Å². The van der Waals surface area contributed by atoms with Crippen LogP contribution in [0.15, 0.2) is 27.8 Å². The van der Waals surface area contributed by atoms with Crippen molar-refractivity contribution >= 4 is 21.8 Å². The van der Waals surface area contributed by atoms with E-state index in [9.17, 15) is 0 Å². The smallest absolute Gasteiger partial charge is 0.153 e. The summed E-state index contributed by atoms with van der Waals surface area (Å²) in [7, 11) is 3.52. The number of ether oxygens (including phenoxy) is 1. The highest BCUT2D eigenvalue weighted by Gasteiger charge is 2.07. The summed E-state index contributed by atoms with van der Waals surface area (Å²) in [5.41, 5.74) is 6.52. The Labute approximate surface area is 109 Å². The van der Waals surface area contributed by atoms with Crippen LogP contribution in [0.4, 0.5) is 0 Å². The van der Waals surface area contributed by atoms with Gasteiger partial charge in [0.15, 0.2) is 5.84 Å². The van der Waals surface area contributed by atoms with Crippen LogP contribution in [0.3, 0.4) is 0 Å². The van der Waals surface area contributed by atoms with Gasteiger partial charge in [-0.1, -0.05) is 21.1 Å². The number of nitrogens with zero attached hydrogens (tertiary/aromatic N) is 2. The first-order valence-electron chi connectivity index (χ1n) is 5.04. The lowest BCUT2D eigenvalue weighted by atomic mass is 10.2. The van der Waals surface area contributed by atoms with Crippen molar-refractivity contribution in [1.29, 1.82) is 0 Å². The Hall–Kier alpha value is -1.27. The summed E-state index contributed by atoms with van der Waals surface area (Å²) >= 11 is 3.48. The van der Waals surface area contributed by atoms with Crippen LogP contribution in [0.25, 0.3) is 0 Å². The number of halogens is 1. The second kappa shape index (κ2) is 6.46. The first-order valence-corrected chi connectivity index (χ1v) is 5.83. The number of hydrogen-bond acceptors (Lipinski definition) is 4. The number of nitrogens with two attached hydrogens (primary N) is 1. The van der Waals surface area contributed by atoms with Gasteiger partial charge in [0.05, 0.1) is 13.7 Å². The maximum absolute atomic E-state index is 8.49. The molecule has 0 aliphatic carbocycles. The molecule has 3 N–H and O–H groups in total. The van der Waals surface area contributed by atoms with Crippen molar-refractivity contribution in [3.05, 3.63) is 28.2 Å². The molecule has 0 amide bonds. The van der Waals surface area contributed by atoms with Crippen molar-refractivity contribution in [3.63, 3.8) is 0 Å². The third-order valence-corrected chi connectivity index (χ3v) is 3.03. The van der Waals surface area contributed by atoms with Gasteiger partial charge in [-0.3, -0.25) is 4.90 Å². The molecule has 0 aromatic heterocycles. The molecule has 0 radical (unpaired) electrons. The van der Waals surface area contributed by atoms with Gasteiger partial charge in [-0.05, 0) is 30.8 Å². The predicted octanol–water partition coefficient (Wildman–Crippen LogP) is 1.64. The van der Waals surface area contributed by atoms with Crippen LogP contribution in [0.5, 0.6) is 5.75 Å². The molecule has 17 heavy (non-hydrogen) atoms. The Morgan fingerprint density at radius 2 is 2.29 bits per heavy atom. The maximum atomic E-state index is 8.49. The van der Waals surface area contributed by atoms with Gasteiger partial charge in [-0.25, -0.2) is 0 Å².